The Morgan fingerprint density at radius 1 is 1.06 bits per heavy atom. The van der Waals surface area contributed by atoms with Crippen molar-refractivity contribution >= 4 is 11.9 Å². The first-order chi connectivity index (χ1) is 15.8. The van der Waals surface area contributed by atoms with Crippen LogP contribution in [0.15, 0.2) is 58.7 Å². The van der Waals surface area contributed by atoms with Crippen molar-refractivity contribution in [2.45, 2.75) is 84.6 Å². The van der Waals surface area contributed by atoms with Crippen molar-refractivity contribution < 1.29 is 39.5 Å². The molecule has 0 radical (unpaired) electrons. The maximum Gasteiger partial charge on any atom is 0.335 e. The first-order valence-corrected chi connectivity index (χ1v) is 11.4. The molecular formula is C26H36O8. The zero-order chi connectivity index (χ0) is 25.6. The molecule has 2 rings (SSSR count). The lowest BCUT2D eigenvalue weighted by Crippen LogP contribution is -2.60. The van der Waals surface area contributed by atoms with Gasteiger partial charge >= 0.3 is 11.9 Å². The number of allylic oxidation sites excluding steroid dienone is 9. The fourth-order valence-electron chi connectivity index (χ4n) is 4.16. The van der Waals surface area contributed by atoms with E-state index in [0.717, 1.165) is 18.1 Å². The second-order valence-corrected chi connectivity index (χ2v) is 9.59. The van der Waals surface area contributed by atoms with E-state index in [-0.39, 0.29) is 5.41 Å². The minimum Gasteiger partial charge on any atom is -0.479 e. The SMILES string of the molecule is CC1=C(/C=C/C(C)=C\C=C\C(C)=C/C(=O)O[C@@H]2O[C@H](C(=O)O)[C@@H](O)[C@H](O)[C@H]2O)C(C)(C)CCC1. The Hall–Kier alpha value is -2.52. The number of carbonyl (C=O) groups is 2. The Balaban J connectivity index is 1.98. The number of hydrogen-bond acceptors (Lipinski definition) is 7. The van der Waals surface area contributed by atoms with E-state index >= 15 is 0 Å². The first kappa shape index (κ1) is 27.7. The number of esters is 1. The third-order valence-electron chi connectivity index (χ3n) is 6.16. The molecule has 0 spiro atoms. The Morgan fingerprint density at radius 3 is 2.35 bits per heavy atom. The molecule has 4 N–H and O–H groups in total. The number of aliphatic carboxylic acids is 1. The van der Waals surface area contributed by atoms with E-state index in [2.05, 4.69) is 32.9 Å². The maximum absolute atomic E-state index is 12.2. The van der Waals surface area contributed by atoms with E-state index in [0.29, 0.717) is 5.57 Å². The lowest BCUT2D eigenvalue weighted by atomic mass is 9.72. The zero-order valence-corrected chi connectivity index (χ0v) is 20.4. The fourth-order valence-corrected chi connectivity index (χ4v) is 4.16. The van der Waals surface area contributed by atoms with Gasteiger partial charge in [0.2, 0.25) is 6.29 Å². The summed E-state index contributed by atoms with van der Waals surface area (Å²) in [5.74, 6) is -2.44. The van der Waals surface area contributed by atoms with Crippen molar-refractivity contribution in [1.82, 2.24) is 0 Å². The van der Waals surface area contributed by atoms with Gasteiger partial charge in [-0.3, -0.25) is 0 Å². The Kier molecular flexibility index (Phi) is 9.58. The minimum atomic E-state index is -1.85. The van der Waals surface area contributed by atoms with E-state index in [4.69, 9.17) is 14.6 Å². The minimum absolute atomic E-state index is 0.170. The number of aliphatic hydroxyl groups is 3. The highest BCUT2D eigenvalue weighted by molar-refractivity contribution is 5.83. The van der Waals surface area contributed by atoms with E-state index in [1.165, 1.54) is 24.0 Å². The average Bonchev–Trinajstić information content (AvgIpc) is 2.73. The third-order valence-corrected chi connectivity index (χ3v) is 6.16. The second-order valence-electron chi connectivity index (χ2n) is 9.59. The van der Waals surface area contributed by atoms with Crippen LogP contribution in [0.25, 0.3) is 0 Å². The van der Waals surface area contributed by atoms with Crippen LogP contribution in [0, 0.1) is 5.41 Å². The predicted octanol–water partition coefficient (Wildman–Crippen LogP) is 2.95. The average molecular weight is 477 g/mol. The predicted molar refractivity (Wildman–Crippen MR) is 127 cm³/mol. The summed E-state index contributed by atoms with van der Waals surface area (Å²) in [6.45, 7) is 10.4. The van der Waals surface area contributed by atoms with Gasteiger partial charge in [-0.1, -0.05) is 55.4 Å². The van der Waals surface area contributed by atoms with Gasteiger partial charge in [0.1, 0.15) is 18.3 Å². The number of rotatable bonds is 7. The van der Waals surface area contributed by atoms with Crippen LogP contribution < -0.4 is 0 Å². The highest BCUT2D eigenvalue weighted by Crippen LogP contribution is 2.40. The molecule has 1 saturated heterocycles. The lowest BCUT2D eigenvalue weighted by molar-refractivity contribution is -0.284. The van der Waals surface area contributed by atoms with Crippen LogP contribution in [0.1, 0.15) is 53.9 Å². The molecule has 188 valence electrons. The standard InChI is InChI=1S/C26H36O8/c1-15(11-12-18-17(3)10-7-13-26(18,4)5)8-6-9-16(2)14-19(27)33-25-22(30)20(28)21(29)23(34-25)24(31)32/h6,8-9,11-12,14,20-23,25,28-30H,7,10,13H2,1-5H3,(H,31,32)/b9-6+,12-11+,15-8-,16-14-/t20-,21-,22+,23-,25+/m0/s1. The van der Waals surface area contributed by atoms with E-state index in [9.17, 15) is 24.9 Å². The largest absolute Gasteiger partial charge is 0.479 e. The summed E-state index contributed by atoms with van der Waals surface area (Å²) in [7, 11) is 0. The Morgan fingerprint density at radius 2 is 1.74 bits per heavy atom. The van der Waals surface area contributed by atoms with Gasteiger partial charge in [0.15, 0.2) is 6.10 Å². The van der Waals surface area contributed by atoms with Crippen molar-refractivity contribution in [3.63, 3.8) is 0 Å². The quantitative estimate of drug-likeness (QED) is 0.250. The van der Waals surface area contributed by atoms with Crippen LogP contribution >= 0.6 is 0 Å². The number of ether oxygens (including phenoxy) is 2. The molecule has 0 aromatic heterocycles. The highest BCUT2D eigenvalue weighted by Gasteiger charge is 2.48. The Bertz CT molecular complexity index is 921. The maximum atomic E-state index is 12.2. The normalized spacial score (nSPS) is 30.8. The van der Waals surface area contributed by atoms with Gasteiger partial charge in [0.25, 0.3) is 0 Å². The number of aliphatic hydroxyl groups excluding tert-OH is 3. The molecule has 0 aromatic carbocycles. The molecule has 0 amide bonds. The third kappa shape index (κ3) is 7.24. The van der Waals surface area contributed by atoms with E-state index < -0.39 is 42.6 Å². The zero-order valence-electron chi connectivity index (χ0n) is 20.4. The first-order valence-electron chi connectivity index (χ1n) is 11.4. The summed E-state index contributed by atoms with van der Waals surface area (Å²) in [6, 6.07) is 0. The molecule has 1 aliphatic heterocycles. The van der Waals surface area contributed by atoms with Crippen molar-refractivity contribution in [3.8, 4) is 0 Å². The summed E-state index contributed by atoms with van der Waals surface area (Å²) in [4.78, 5) is 23.3. The summed E-state index contributed by atoms with van der Waals surface area (Å²) >= 11 is 0. The monoisotopic (exact) mass is 476 g/mol. The molecule has 1 fully saturated rings. The van der Waals surface area contributed by atoms with Gasteiger partial charge in [-0.2, -0.15) is 0 Å². The van der Waals surface area contributed by atoms with Gasteiger partial charge in [-0.05, 0) is 56.6 Å². The van der Waals surface area contributed by atoms with Crippen LogP contribution in [-0.4, -0.2) is 63.1 Å². The molecule has 1 aliphatic carbocycles. The lowest BCUT2D eigenvalue weighted by Gasteiger charge is -2.37. The van der Waals surface area contributed by atoms with Gasteiger partial charge in [0, 0.05) is 6.08 Å². The fraction of sp³-hybridized carbons (Fsp3) is 0.538. The van der Waals surface area contributed by atoms with Crippen LogP contribution in [0.4, 0.5) is 0 Å². The van der Waals surface area contributed by atoms with Crippen LogP contribution in [0.2, 0.25) is 0 Å². The highest BCUT2D eigenvalue weighted by atomic mass is 16.7. The second kappa shape index (κ2) is 11.8. The molecule has 34 heavy (non-hydrogen) atoms. The number of hydrogen-bond donors (Lipinski definition) is 4. The molecule has 0 aromatic rings. The van der Waals surface area contributed by atoms with Gasteiger partial charge in [-0.15, -0.1) is 0 Å². The molecule has 1 heterocycles. The van der Waals surface area contributed by atoms with Crippen LogP contribution in [-0.2, 0) is 19.1 Å². The number of carboxylic acid groups (broad SMARTS) is 1. The van der Waals surface area contributed by atoms with Crippen molar-refractivity contribution in [2.24, 2.45) is 5.41 Å². The summed E-state index contributed by atoms with van der Waals surface area (Å²) in [5, 5.41) is 38.5. The number of carboxylic acids is 1. The molecule has 8 heteroatoms. The molecule has 0 bridgehead atoms. The summed E-state index contributed by atoms with van der Waals surface area (Å²) in [5.41, 5.74) is 4.56. The smallest absolute Gasteiger partial charge is 0.335 e. The number of carbonyl (C=O) groups excluding carboxylic acids is 1. The molecule has 0 saturated carbocycles. The van der Waals surface area contributed by atoms with Crippen LogP contribution in [0.5, 0.6) is 0 Å². The van der Waals surface area contributed by atoms with Crippen LogP contribution in [0.3, 0.4) is 0 Å². The van der Waals surface area contributed by atoms with Gasteiger partial charge in [-0.25, -0.2) is 9.59 Å². The molecule has 2 aliphatic rings. The van der Waals surface area contributed by atoms with E-state index in [1.807, 2.05) is 13.0 Å². The van der Waals surface area contributed by atoms with E-state index in [1.54, 1.807) is 19.1 Å². The summed E-state index contributed by atoms with van der Waals surface area (Å²) in [6.07, 6.45) is 5.29. The molecule has 0 unspecified atom stereocenters. The molecule has 8 nitrogen and oxygen atoms in total. The molecule has 5 atom stereocenters. The topological polar surface area (TPSA) is 134 Å². The van der Waals surface area contributed by atoms with Gasteiger partial charge in [0.05, 0.1) is 0 Å². The van der Waals surface area contributed by atoms with Crippen molar-refractivity contribution in [3.05, 3.63) is 58.7 Å². The molecular weight excluding hydrogens is 440 g/mol. The van der Waals surface area contributed by atoms with Crippen molar-refractivity contribution in [1.29, 1.82) is 0 Å². The summed E-state index contributed by atoms with van der Waals surface area (Å²) < 4.78 is 9.88. The Labute approximate surface area is 200 Å². The van der Waals surface area contributed by atoms with Gasteiger partial charge < -0.3 is 29.9 Å². The van der Waals surface area contributed by atoms with Crippen molar-refractivity contribution in [2.75, 3.05) is 0 Å².